The van der Waals surface area contributed by atoms with Gasteiger partial charge in [-0.25, -0.2) is 0 Å². The van der Waals surface area contributed by atoms with Gasteiger partial charge in [-0.2, -0.15) is 0 Å². The number of aliphatic hydroxyl groups excluding tert-OH is 2. The topological polar surface area (TPSA) is 136 Å². The molecule has 25 heavy (non-hydrogen) atoms. The van der Waals surface area contributed by atoms with Gasteiger partial charge in [-0.3, -0.25) is 19.2 Å². The molecule has 0 saturated carbocycles. The van der Waals surface area contributed by atoms with E-state index in [1.54, 1.807) is 0 Å². The molecule has 0 aliphatic carbocycles. The number of ketones is 1. The van der Waals surface area contributed by atoms with Crippen LogP contribution in [-0.2, 0) is 33.4 Å². The van der Waals surface area contributed by atoms with Gasteiger partial charge in [-0.15, -0.1) is 0 Å². The smallest absolute Gasteiger partial charge is 0.313 e. The van der Waals surface area contributed by atoms with Gasteiger partial charge < -0.3 is 24.4 Å². The Kier molecular flexibility index (Phi) is 11.4. The minimum atomic E-state index is -0.891. The quantitative estimate of drug-likeness (QED) is 0.277. The first-order valence-corrected chi connectivity index (χ1v) is 7.96. The van der Waals surface area contributed by atoms with Crippen LogP contribution in [0.2, 0.25) is 0 Å². The van der Waals surface area contributed by atoms with Crippen LogP contribution in [0.3, 0.4) is 0 Å². The van der Waals surface area contributed by atoms with Crippen LogP contribution in [-0.4, -0.2) is 65.4 Å². The molecule has 144 valence electrons. The molecule has 3 atom stereocenters. The van der Waals surface area contributed by atoms with Crippen molar-refractivity contribution < 1.29 is 43.6 Å². The van der Waals surface area contributed by atoms with E-state index in [1.165, 1.54) is 20.8 Å². The van der Waals surface area contributed by atoms with Crippen LogP contribution in [0.25, 0.3) is 0 Å². The van der Waals surface area contributed by atoms with Gasteiger partial charge in [0.15, 0.2) is 0 Å². The van der Waals surface area contributed by atoms with Crippen molar-refractivity contribution in [1.29, 1.82) is 0 Å². The Balaban J connectivity index is 4.46. The number of hydrogen-bond acceptors (Lipinski definition) is 9. The van der Waals surface area contributed by atoms with Crippen LogP contribution < -0.4 is 0 Å². The van der Waals surface area contributed by atoms with Crippen LogP contribution in [0.4, 0.5) is 0 Å². The van der Waals surface area contributed by atoms with Crippen molar-refractivity contribution in [1.82, 2.24) is 0 Å². The summed E-state index contributed by atoms with van der Waals surface area (Å²) in [5.74, 6) is -2.43. The van der Waals surface area contributed by atoms with E-state index >= 15 is 0 Å². The van der Waals surface area contributed by atoms with Crippen LogP contribution in [0, 0.1) is 0 Å². The lowest BCUT2D eigenvalue weighted by Crippen LogP contribution is -2.28. The Labute approximate surface area is 146 Å². The number of aliphatic hydroxyl groups is 2. The standard InChI is InChI=1S/C16H26O9/c1-10(17)6-14(20)23-5-4-13(25-16(22)8-12(3)19)9-24-15(21)7-11(2)18/h10,12-13,17,19H,4-9H2,1-3H3. The van der Waals surface area contributed by atoms with E-state index in [0.29, 0.717) is 0 Å². The lowest BCUT2D eigenvalue weighted by Gasteiger charge is -2.18. The van der Waals surface area contributed by atoms with Gasteiger partial charge in [0.1, 0.15) is 24.9 Å². The number of esters is 3. The maximum Gasteiger partial charge on any atom is 0.313 e. The highest BCUT2D eigenvalue weighted by Gasteiger charge is 2.19. The third-order valence-electron chi connectivity index (χ3n) is 2.75. The molecule has 3 unspecified atom stereocenters. The van der Waals surface area contributed by atoms with Gasteiger partial charge in [0, 0.05) is 6.42 Å². The van der Waals surface area contributed by atoms with Crippen LogP contribution in [0.1, 0.15) is 46.5 Å². The molecule has 0 amide bonds. The van der Waals surface area contributed by atoms with Gasteiger partial charge in [0.25, 0.3) is 0 Å². The Bertz CT molecular complexity index is 457. The Morgan fingerprint density at radius 3 is 1.96 bits per heavy atom. The van der Waals surface area contributed by atoms with Gasteiger partial charge >= 0.3 is 17.9 Å². The van der Waals surface area contributed by atoms with E-state index in [1.807, 2.05) is 0 Å². The molecule has 0 saturated heterocycles. The molecule has 0 heterocycles. The minimum absolute atomic E-state index is 0.0600. The van der Waals surface area contributed by atoms with E-state index in [-0.39, 0.29) is 38.3 Å². The summed E-state index contributed by atoms with van der Waals surface area (Å²) < 4.78 is 14.8. The summed E-state index contributed by atoms with van der Waals surface area (Å²) in [5, 5.41) is 18.2. The number of carbonyl (C=O) groups excluding carboxylic acids is 4. The molecule has 9 heteroatoms. The summed E-state index contributed by atoms with van der Waals surface area (Å²) in [7, 11) is 0. The predicted molar refractivity (Wildman–Crippen MR) is 84.3 cm³/mol. The van der Waals surface area contributed by atoms with E-state index in [2.05, 4.69) is 0 Å². The van der Waals surface area contributed by atoms with Crippen molar-refractivity contribution >= 4 is 23.7 Å². The van der Waals surface area contributed by atoms with E-state index in [4.69, 9.17) is 24.4 Å². The molecule has 9 nitrogen and oxygen atoms in total. The van der Waals surface area contributed by atoms with Crippen molar-refractivity contribution in [2.45, 2.75) is 64.8 Å². The predicted octanol–water partition coefficient (Wildman–Crippen LogP) is -0.104. The third kappa shape index (κ3) is 14.1. The zero-order valence-electron chi connectivity index (χ0n) is 14.7. The van der Waals surface area contributed by atoms with Crippen molar-refractivity contribution in [3.8, 4) is 0 Å². The average molecular weight is 362 g/mol. The SMILES string of the molecule is CC(=O)CC(=O)OCC(CCOC(=O)CC(C)O)OC(=O)CC(C)O. The highest BCUT2D eigenvalue weighted by molar-refractivity contribution is 5.94. The average Bonchev–Trinajstić information content (AvgIpc) is 2.41. The molecule has 0 aromatic carbocycles. The number of carbonyl (C=O) groups is 4. The van der Waals surface area contributed by atoms with Crippen LogP contribution >= 0.6 is 0 Å². The largest absolute Gasteiger partial charge is 0.465 e. The first-order chi connectivity index (χ1) is 11.6. The highest BCUT2D eigenvalue weighted by atomic mass is 16.6. The van der Waals surface area contributed by atoms with Gasteiger partial charge in [-0.05, 0) is 20.8 Å². The van der Waals surface area contributed by atoms with Crippen molar-refractivity contribution in [3.63, 3.8) is 0 Å². The minimum Gasteiger partial charge on any atom is -0.465 e. The second kappa shape index (κ2) is 12.4. The first kappa shape index (κ1) is 23.0. The van der Waals surface area contributed by atoms with Crippen LogP contribution in [0.5, 0.6) is 0 Å². The zero-order valence-corrected chi connectivity index (χ0v) is 14.7. The number of Topliss-reactive ketones (excluding diaryl/α,β-unsaturated/α-hetero) is 1. The molecule has 0 rings (SSSR count). The van der Waals surface area contributed by atoms with Crippen molar-refractivity contribution in [3.05, 3.63) is 0 Å². The summed E-state index contributed by atoms with van der Waals surface area (Å²) in [4.78, 5) is 45.2. The van der Waals surface area contributed by atoms with Crippen molar-refractivity contribution in [2.75, 3.05) is 13.2 Å². The Morgan fingerprint density at radius 2 is 1.44 bits per heavy atom. The molecule has 0 radical (unpaired) electrons. The molecule has 0 aromatic heterocycles. The van der Waals surface area contributed by atoms with Gasteiger partial charge in [0.05, 0.1) is 31.7 Å². The molecular formula is C16H26O9. The summed E-state index contributed by atoms with van der Waals surface area (Å²) in [6.45, 7) is 3.69. The fourth-order valence-corrected chi connectivity index (χ4v) is 1.70. The molecule has 2 N–H and O–H groups in total. The fraction of sp³-hybridized carbons (Fsp3) is 0.750. The fourth-order valence-electron chi connectivity index (χ4n) is 1.70. The number of ether oxygens (including phenoxy) is 3. The molecular weight excluding hydrogens is 336 g/mol. The Hall–Kier alpha value is -2.00. The Morgan fingerprint density at radius 1 is 0.880 bits per heavy atom. The molecule has 0 aliphatic heterocycles. The molecule has 0 spiro atoms. The second-order valence-electron chi connectivity index (χ2n) is 5.79. The maximum atomic E-state index is 11.6. The zero-order chi connectivity index (χ0) is 19.4. The van der Waals surface area contributed by atoms with Crippen LogP contribution in [0.15, 0.2) is 0 Å². The highest BCUT2D eigenvalue weighted by Crippen LogP contribution is 2.06. The number of hydrogen-bond donors (Lipinski definition) is 2. The maximum absolute atomic E-state index is 11.6. The monoisotopic (exact) mass is 362 g/mol. The molecule has 0 aliphatic rings. The molecule has 0 aromatic rings. The normalized spacial score (nSPS) is 14.1. The third-order valence-corrected chi connectivity index (χ3v) is 2.75. The van der Waals surface area contributed by atoms with Gasteiger partial charge in [0.2, 0.25) is 0 Å². The molecule has 0 bridgehead atoms. The lowest BCUT2D eigenvalue weighted by atomic mass is 10.2. The lowest BCUT2D eigenvalue weighted by molar-refractivity contribution is -0.163. The van der Waals surface area contributed by atoms with Crippen molar-refractivity contribution in [2.24, 2.45) is 0 Å². The van der Waals surface area contributed by atoms with E-state index in [0.717, 1.165) is 0 Å². The van der Waals surface area contributed by atoms with E-state index in [9.17, 15) is 19.2 Å². The second-order valence-corrected chi connectivity index (χ2v) is 5.79. The summed E-state index contributed by atoms with van der Waals surface area (Å²) in [5.41, 5.74) is 0. The summed E-state index contributed by atoms with van der Waals surface area (Å²) in [6, 6.07) is 0. The number of rotatable bonds is 12. The summed E-state index contributed by atoms with van der Waals surface area (Å²) in [6.07, 6.45) is -3.35. The first-order valence-electron chi connectivity index (χ1n) is 7.96. The van der Waals surface area contributed by atoms with E-state index < -0.39 is 42.6 Å². The summed E-state index contributed by atoms with van der Waals surface area (Å²) >= 11 is 0. The van der Waals surface area contributed by atoms with Gasteiger partial charge in [-0.1, -0.05) is 0 Å². The molecule has 0 fully saturated rings.